The zero-order valence-electron chi connectivity index (χ0n) is 11.1. The molecular formula is C14H21NO2. The minimum Gasteiger partial charge on any atom is -0.497 e. The van der Waals surface area contributed by atoms with Gasteiger partial charge in [-0.2, -0.15) is 0 Å². The Bertz CT molecular complexity index is 376. The second kappa shape index (κ2) is 6.28. The van der Waals surface area contributed by atoms with Gasteiger partial charge in [0.1, 0.15) is 5.75 Å². The number of benzene rings is 1. The summed E-state index contributed by atoms with van der Waals surface area (Å²) in [5.74, 6) is 1.44. The Morgan fingerprint density at radius 1 is 1.35 bits per heavy atom. The van der Waals surface area contributed by atoms with Gasteiger partial charge in [0.05, 0.1) is 7.11 Å². The molecule has 0 saturated carbocycles. The maximum Gasteiger partial charge on any atom is 0.227 e. The third-order valence-corrected chi connectivity index (χ3v) is 2.68. The fraction of sp³-hybridized carbons (Fsp3) is 0.500. The lowest BCUT2D eigenvalue weighted by atomic mass is 10.2. The summed E-state index contributed by atoms with van der Waals surface area (Å²) in [6.07, 6.45) is 0.650. The van der Waals surface area contributed by atoms with Crippen LogP contribution in [0, 0.1) is 5.92 Å². The predicted molar refractivity (Wildman–Crippen MR) is 70.5 cm³/mol. The van der Waals surface area contributed by atoms with E-state index in [0.29, 0.717) is 12.3 Å². The van der Waals surface area contributed by atoms with Gasteiger partial charge in [-0.3, -0.25) is 4.79 Å². The summed E-state index contributed by atoms with van der Waals surface area (Å²) in [5.41, 5.74) is 0.934. The number of carbonyl (C=O) groups excluding carboxylic acids is 1. The SMILES string of the molecule is CC.COc1cccc(N2CC(C)CC2=O)c1. The number of methoxy groups -OCH3 is 1. The molecule has 3 nitrogen and oxygen atoms in total. The zero-order chi connectivity index (χ0) is 12.8. The van der Waals surface area contributed by atoms with Crippen LogP contribution in [0.3, 0.4) is 0 Å². The fourth-order valence-electron chi connectivity index (χ4n) is 1.91. The lowest BCUT2D eigenvalue weighted by Crippen LogP contribution is -2.24. The highest BCUT2D eigenvalue weighted by atomic mass is 16.5. The lowest BCUT2D eigenvalue weighted by molar-refractivity contribution is -0.117. The molecule has 17 heavy (non-hydrogen) atoms. The summed E-state index contributed by atoms with van der Waals surface area (Å²) >= 11 is 0. The average molecular weight is 235 g/mol. The molecule has 0 spiro atoms. The van der Waals surface area contributed by atoms with Crippen molar-refractivity contribution < 1.29 is 9.53 Å². The van der Waals surface area contributed by atoms with E-state index in [0.717, 1.165) is 18.0 Å². The van der Waals surface area contributed by atoms with Crippen LogP contribution in [0.5, 0.6) is 5.75 Å². The van der Waals surface area contributed by atoms with Gasteiger partial charge in [-0.1, -0.05) is 26.8 Å². The van der Waals surface area contributed by atoms with Crippen LogP contribution in [0.15, 0.2) is 24.3 Å². The van der Waals surface area contributed by atoms with Crippen LogP contribution in [0.2, 0.25) is 0 Å². The normalized spacial score (nSPS) is 18.7. The van der Waals surface area contributed by atoms with Crippen LogP contribution >= 0.6 is 0 Å². The molecule has 1 aromatic carbocycles. The number of nitrogens with zero attached hydrogens (tertiary/aromatic N) is 1. The highest BCUT2D eigenvalue weighted by molar-refractivity contribution is 5.95. The number of ether oxygens (including phenoxy) is 1. The van der Waals surface area contributed by atoms with E-state index in [-0.39, 0.29) is 5.91 Å². The number of hydrogen-bond acceptors (Lipinski definition) is 2. The van der Waals surface area contributed by atoms with Gasteiger partial charge in [0, 0.05) is 24.7 Å². The first-order chi connectivity index (χ1) is 8.20. The molecule has 1 aromatic rings. The fourth-order valence-corrected chi connectivity index (χ4v) is 1.91. The van der Waals surface area contributed by atoms with Gasteiger partial charge in [-0.05, 0) is 18.1 Å². The van der Waals surface area contributed by atoms with Crippen molar-refractivity contribution in [3.8, 4) is 5.75 Å². The molecule has 1 fully saturated rings. The predicted octanol–water partition coefficient (Wildman–Crippen LogP) is 3.09. The first-order valence-electron chi connectivity index (χ1n) is 6.15. The molecule has 1 amide bonds. The second-order valence-electron chi connectivity index (χ2n) is 4.02. The van der Waals surface area contributed by atoms with Crippen LogP contribution < -0.4 is 9.64 Å². The van der Waals surface area contributed by atoms with Crippen molar-refractivity contribution in [2.45, 2.75) is 27.2 Å². The Hall–Kier alpha value is -1.51. The van der Waals surface area contributed by atoms with Crippen molar-refractivity contribution >= 4 is 11.6 Å². The van der Waals surface area contributed by atoms with E-state index in [1.165, 1.54) is 0 Å². The van der Waals surface area contributed by atoms with Gasteiger partial charge in [0.15, 0.2) is 0 Å². The Morgan fingerprint density at radius 3 is 2.59 bits per heavy atom. The molecule has 0 bridgehead atoms. The molecule has 1 heterocycles. The maximum absolute atomic E-state index is 11.7. The molecule has 3 heteroatoms. The highest BCUT2D eigenvalue weighted by Crippen LogP contribution is 2.27. The number of hydrogen-bond donors (Lipinski definition) is 0. The molecule has 1 aliphatic rings. The molecule has 0 radical (unpaired) electrons. The highest BCUT2D eigenvalue weighted by Gasteiger charge is 2.27. The summed E-state index contributed by atoms with van der Waals surface area (Å²) < 4.78 is 5.14. The van der Waals surface area contributed by atoms with Crippen molar-refractivity contribution in [3.05, 3.63) is 24.3 Å². The van der Waals surface area contributed by atoms with Crippen LogP contribution in [-0.2, 0) is 4.79 Å². The topological polar surface area (TPSA) is 29.5 Å². The maximum atomic E-state index is 11.7. The van der Waals surface area contributed by atoms with Crippen LogP contribution in [0.1, 0.15) is 27.2 Å². The molecule has 1 atom stereocenters. The Morgan fingerprint density at radius 2 is 2.06 bits per heavy atom. The van der Waals surface area contributed by atoms with E-state index in [9.17, 15) is 4.79 Å². The van der Waals surface area contributed by atoms with Gasteiger partial charge in [0.2, 0.25) is 5.91 Å². The van der Waals surface area contributed by atoms with Crippen LogP contribution in [-0.4, -0.2) is 19.6 Å². The van der Waals surface area contributed by atoms with Crippen molar-refractivity contribution in [1.82, 2.24) is 0 Å². The van der Waals surface area contributed by atoms with Crippen LogP contribution in [0.25, 0.3) is 0 Å². The molecule has 0 aromatic heterocycles. The smallest absolute Gasteiger partial charge is 0.227 e. The van der Waals surface area contributed by atoms with E-state index in [4.69, 9.17) is 4.74 Å². The van der Waals surface area contributed by atoms with Crippen LogP contribution in [0.4, 0.5) is 5.69 Å². The summed E-state index contributed by atoms with van der Waals surface area (Å²) in [5, 5.41) is 0. The van der Waals surface area contributed by atoms with Gasteiger partial charge >= 0.3 is 0 Å². The summed E-state index contributed by atoms with van der Waals surface area (Å²) in [7, 11) is 1.63. The third-order valence-electron chi connectivity index (χ3n) is 2.68. The molecule has 1 unspecified atom stereocenters. The Balaban J connectivity index is 0.000000686. The monoisotopic (exact) mass is 235 g/mol. The summed E-state index contributed by atoms with van der Waals surface area (Å²) in [6.45, 7) is 6.91. The van der Waals surface area contributed by atoms with E-state index < -0.39 is 0 Å². The van der Waals surface area contributed by atoms with Crippen molar-refractivity contribution in [2.24, 2.45) is 5.92 Å². The summed E-state index contributed by atoms with van der Waals surface area (Å²) in [6, 6.07) is 7.63. The van der Waals surface area contributed by atoms with Gasteiger partial charge < -0.3 is 9.64 Å². The van der Waals surface area contributed by atoms with Gasteiger partial charge in [0.25, 0.3) is 0 Å². The molecule has 94 valence electrons. The standard InChI is InChI=1S/C12H15NO2.C2H6/c1-9-6-12(14)13(8-9)10-4-3-5-11(7-10)15-2;1-2/h3-5,7,9H,6,8H2,1-2H3;1-2H3. The Kier molecular flexibility index (Phi) is 5.01. The van der Waals surface area contributed by atoms with Gasteiger partial charge in [-0.25, -0.2) is 0 Å². The Labute approximate surface area is 103 Å². The third kappa shape index (κ3) is 3.22. The second-order valence-corrected chi connectivity index (χ2v) is 4.02. The number of anilines is 1. The van der Waals surface area contributed by atoms with E-state index in [2.05, 4.69) is 6.92 Å². The molecule has 0 N–H and O–H groups in total. The molecule has 1 aliphatic heterocycles. The van der Waals surface area contributed by atoms with Gasteiger partial charge in [-0.15, -0.1) is 0 Å². The molecule has 1 saturated heterocycles. The minimum absolute atomic E-state index is 0.204. The number of carbonyl (C=O) groups is 1. The van der Waals surface area contributed by atoms with Crippen molar-refractivity contribution in [3.63, 3.8) is 0 Å². The number of rotatable bonds is 2. The van der Waals surface area contributed by atoms with E-state index >= 15 is 0 Å². The minimum atomic E-state index is 0.204. The zero-order valence-corrected chi connectivity index (χ0v) is 11.1. The molecular weight excluding hydrogens is 214 g/mol. The molecule has 2 rings (SSSR count). The lowest BCUT2D eigenvalue weighted by Gasteiger charge is -2.16. The molecule has 0 aliphatic carbocycles. The average Bonchev–Trinajstić information content (AvgIpc) is 2.71. The van der Waals surface area contributed by atoms with E-state index in [1.807, 2.05) is 43.0 Å². The largest absolute Gasteiger partial charge is 0.497 e. The van der Waals surface area contributed by atoms with Crippen molar-refractivity contribution in [2.75, 3.05) is 18.6 Å². The summed E-state index contributed by atoms with van der Waals surface area (Å²) in [4.78, 5) is 13.5. The first kappa shape index (κ1) is 13.6. The van der Waals surface area contributed by atoms with Crippen molar-refractivity contribution in [1.29, 1.82) is 0 Å². The first-order valence-corrected chi connectivity index (χ1v) is 6.15. The quantitative estimate of drug-likeness (QED) is 0.788. The van der Waals surface area contributed by atoms with E-state index in [1.54, 1.807) is 7.11 Å². The number of amides is 1.